The second kappa shape index (κ2) is 5.57. The molecule has 0 radical (unpaired) electrons. The molecular formula is C7H14N2S. The number of rotatable bonds is 4. The van der Waals surface area contributed by atoms with Gasteiger partial charge in [0.25, 0.3) is 0 Å². The summed E-state index contributed by atoms with van der Waals surface area (Å²) in [5.41, 5.74) is 5.35. The Hall–Kier alpha value is -0.200. The Balaban J connectivity index is 3.39. The fraction of sp³-hybridized carbons (Fsp3) is 0.857. The third-order valence-electron chi connectivity index (χ3n) is 1.19. The van der Waals surface area contributed by atoms with Gasteiger partial charge < -0.3 is 5.73 Å². The lowest BCUT2D eigenvalue weighted by atomic mass is 10.3. The van der Waals surface area contributed by atoms with E-state index in [1.807, 2.05) is 6.92 Å². The Morgan fingerprint density at radius 1 is 1.60 bits per heavy atom. The van der Waals surface area contributed by atoms with Crippen LogP contribution in [-0.4, -0.2) is 17.0 Å². The fourth-order valence-electron chi connectivity index (χ4n) is 0.682. The Labute approximate surface area is 66.8 Å². The third kappa shape index (κ3) is 4.66. The Morgan fingerprint density at radius 2 is 2.20 bits per heavy atom. The van der Waals surface area contributed by atoms with Gasteiger partial charge in [0.2, 0.25) is 0 Å². The molecule has 0 aliphatic heterocycles. The van der Waals surface area contributed by atoms with Crippen LogP contribution in [0.4, 0.5) is 0 Å². The Kier molecular flexibility index (Phi) is 5.46. The van der Waals surface area contributed by atoms with Gasteiger partial charge >= 0.3 is 0 Å². The summed E-state index contributed by atoms with van der Waals surface area (Å²) in [7, 11) is 0. The second-order valence-corrected chi connectivity index (χ2v) is 4.08. The molecule has 2 nitrogen and oxygen atoms in total. The molecule has 0 saturated heterocycles. The van der Waals surface area contributed by atoms with Crippen molar-refractivity contribution in [3.8, 4) is 6.07 Å². The molecule has 58 valence electrons. The zero-order valence-electron chi connectivity index (χ0n) is 6.50. The number of hydrogen-bond acceptors (Lipinski definition) is 3. The van der Waals surface area contributed by atoms with Crippen LogP contribution in [0.15, 0.2) is 0 Å². The quantitative estimate of drug-likeness (QED) is 0.672. The van der Waals surface area contributed by atoms with Crippen LogP contribution in [0.5, 0.6) is 0 Å². The minimum atomic E-state index is 0.0987. The molecule has 0 aliphatic rings. The monoisotopic (exact) mass is 158 g/mol. The Bertz CT molecular complexity index is 119. The molecular weight excluding hydrogens is 144 g/mol. The van der Waals surface area contributed by atoms with E-state index < -0.39 is 0 Å². The summed E-state index contributed by atoms with van der Waals surface area (Å²) >= 11 is 1.68. The molecule has 0 aromatic carbocycles. The third-order valence-corrected chi connectivity index (χ3v) is 2.41. The topological polar surface area (TPSA) is 49.8 Å². The van der Waals surface area contributed by atoms with Gasteiger partial charge in [0.1, 0.15) is 0 Å². The summed E-state index contributed by atoms with van der Waals surface area (Å²) in [4.78, 5) is 0. The highest BCUT2D eigenvalue weighted by molar-refractivity contribution is 8.00. The normalized spacial score (nSPS) is 15.8. The maximum absolute atomic E-state index is 8.45. The first-order valence-corrected chi connectivity index (χ1v) is 4.40. The molecule has 0 spiro atoms. The average molecular weight is 158 g/mol. The van der Waals surface area contributed by atoms with Gasteiger partial charge in [-0.3, -0.25) is 0 Å². The summed E-state index contributed by atoms with van der Waals surface area (Å²) in [6.45, 7) is 4.73. The van der Waals surface area contributed by atoms with Crippen molar-refractivity contribution < 1.29 is 0 Å². The van der Waals surface area contributed by atoms with Crippen LogP contribution in [0.2, 0.25) is 0 Å². The van der Waals surface area contributed by atoms with Gasteiger partial charge in [-0.25, -0.2) is 0 Å². The zero-order valence-corrected chi connectivity index (χ0v) is 7.32. The van der Waals surface area contributed by atoms with E-state index in [1.54, 1.807) is 11.8 Å². The minimum Gasteiger partial charge on any atom is -0.330 e. The molecule has 0 amide bonds. The molecule has 0 rings (SSSR count). The predicted molar refractivity (Wildman–Crippen MR) is 45.8 cm³/mol. The summed E-state index contributed by atoms with van der Waals surface area (Å²) in [6, 6.07) is 2.18. The SMILES string of the molecule is CC(C#N)SC(C)CCN. The van der Waals surface area contributed by atoms with Gasteiger partial charge in [0.15, 0.2) is 0 Å². The largest absolute Gasteiger partial charge is 0.330 e. The van der Waals surface area contributed by atoms with Gasteiger partial charge in [-0.2, -0.15) is 5.26 Å². The molecule has 3 heteroatoms. The first-order valence-electron chi connectivity index (χ1n) is 3.45. The average Bonchev–Trinajstić information content (AvgIpc) is 1.88. The molecule has 0 fully saturated rings. The summed E-state index contributed by atoms with van der Waals surface area (Å²) < 4.78 is 0. The molecule has 0 saturated carbocycles. The van der Waals surface area contributed by atoms with Crippen LogP contribution in [0.3, 0.4) is 0 Å². The molecule has 0 aromatic heterocycles. The van der Waals surface area contributed by atoms with Crippen molar-refractivity contribution in [2.24, 2.45) is 5.73 Å². The smallest absolute Gasteiger partial charge is 0.0891 e. The minimum absolute atomic E-state index is 0.0987. The van der Waals surface area contributed by atoms with E-state index in [1.165, 1.54) is 0 Å². The first kappa shape index (κ1) is 9.80. The van der Waals surface area contributed by atoms with Crippen LogP contribution in [0, 0.1) is 11.3 Å². The molecule has 2 unspecified atom stereocenters. The van der Waals surface area contributed by atoms with Crippen molar-refractivity contribution in [2.75, 3.05) is 6.54 Å². The predicted octanol–water partition coefficient (Wildman–Crippen LogP) is 1.37. The summed E-state index contributed by atoms with van der Waals surface area (Å²) in [6.07, 6.45) is 0.997. The Morgan fingerprint density at radius 3 is 2.60 bits per heavy atom. The molecule has 0 bridgehead atoms. The molecule has 10 heavy (non-hydrogen) atoms. The van der Waals surface area contributed by atoms with Crippen molar-refractivity contribution in [1.82, 2.24) is 0 Å². The van der Waals surface area contributed by atoms with Crippen molar-refractivity contribution in [2.45, 2.75) is 30.8 Å². The number of hydrogen-bond donors (Lipinski definition) is 1. The highest BCUT2D eigenvalue weighted by Gasteiger charge is 2.06. The number of nitrogens with zero attached hydrogens (tertiary/aromatic N) is 1. The van der Waals surface area contributed by atoms with Crippen LogP contribution < -0.4 is 5.73 Å². The highest BCUT2D eigenvalue weighted by atomic mass is 32.2. The van der Waals surface area contributed by atoms with E-state index in [-0.39, 0.29) is 5.25 Å². The second-order valence-electron chi connectivity index (χ2n) is 2.30. The number of nitriles is 1. The first-order chi connectivity index (χ1) is 4.70. The lowest BCUT2D eigenvalue weighted by molar-refractivity contribution is 0.821. The molecule has 0 aliphatic carbocycles. The fourth-order valence-corrected chi connectivity index (χ4v) is 1.71. The lowest BCUT2D eigenvalue weighted by Crippen LogP contribution is -2.09. The van der Waals surface area contributed by atoms with Crippen molar-refractivity contribution in [1.29, 1.82) is 5.26 Å². The van der Waals surface area contributed by atoms with Crippen molar-refractivity contribution in [3.05, 3.63) is 0 Å². The van der Waals surface area contributed by atoms with E-state index in [4.69, 9.17) is 11.0 Å². The molecule has 0 heterocycles. The van der Waals surface area contributed by atoms with Gasteiger partial charge in [-0.05, 0) is 19.9 Å². The van der Waals surface area contributed by atoms with E-state index >= 15 is 0 Å². The number of nitrogens with two attached hydrogens (primary N) is 1. The standard InChI is InChI=1S/C7H14N2S/c1-6(3-4-8)10-7(2)5-9/h6-7H,3-4,8H2,1-2H3. The highest BCUT2D eigenvalue weighted by Crippen LogP contribution is 2.18. The summed E-state index contributed by atoms with van der Waals surface area (Å²) in [5, 5.41) is 9.06. The maximum Gasteiger partial charge on any atom is 0.0891 e. The van der Waals surface area contributed by atoms with Gasteiger partial charge in [0, 0.05) is 5.25 Å². The van der Waals surface area contributed by atoms with E-state index in [0.717, 1.165) is 6.42 Å². The number of thioether (sulfide) groups is 1. The van der Waals surface area contributed by atoms with Crippen LogP contribution in [-0.2, 0) is 0 Å². The van der Waals surface area contributed by atoms with Crippen molar-refractivity contribution in [3.63, 3.8) is 0 Å². The molecule has 2 atom stereocenters. The summed E-state index contributed by atoms with van der Waals surface area (Å²) in [5.74, 6) is 0. The lowest BCUT2D eigenvalue weighted by Gasteiger charge is -2.09. The van der Waals surface area contributed by atoms with Crippen LogP contribution >= 0.6 is 11.8 Å². The van der Waals surface area contributed by atoms with Crippen LogP contribution in [0.25, 0.3) is 0 Å². The van der Waals surface area contributed by atoms with E-state index in [0.29, 0.717) is 11.8 Å². The molecule has 2 N–H and O–H groups in total. The van der Waals surface area contributed by atoms with E-state index in [2.05, 4.69) is 13.0 Å². The van der Waals surface area contributed by atoms with E-state index in [9.17, 15) is 0 Å². The molecule has 0 aromatic rings. The maximum atomic E-state index is 8.45. The van der Waals surface area contributed by atoms with Gasteiger partial charge in [-0.15, -0.1) is 11.8 Å². The van der Waals surface area contributed by atoms with Gasteiger partial charge in [0.05, 0.1) is 11.3 Å². The van der Waals surface area contributed by atoms with Gasteiger partial charge in [-0.1, -0.05) is 6.92 Å². The zero-order chi connectivity index (χ0) is 7.98. The van der Waals surface area contributed by atoms with Crippen molar-refractivity contribution >= 4 is 11.8 Å². The van der Waals surface area contributed by atoms with Crippen LogP contribution in [0.1, 0.15) is 20.3 Å².